The van der Waals surface area contributed by atoms with Crippen molar-refractivity contribution in [3.63, 3.8) is 0 Å². The fourth-order valence-electron chi connectivity index (χ4n) is 2.38. The van der Waals surface area contributed by atoms with E-state index in [1.54, 1.807) is 24.3 Å². The standard InChI is InChI=1S/C19H13Cl2F3N2O3/c20-15-6-5-13(9-14(15)19(22,23)24)29-12-3-1-11(2-4-12)7-8-28-17-16(21)10-25-18(27)26-17/h1-6,9-10H,7-8H2,(H,25,26,27). The van der Waals surface area contributed by atoms with Crippen molar-refractivity contribution in [2.75, 3.05) is 6.61 Å². The molecule has 0 bridgehead atoms. The molecule has 0 fully saturated rings. The van der Waals surface area contributed by atoms with E-state index in [9.17, 15) is 18.0 Å². The van der Waals surface area contributed by atoms with Crippen LogP contribution in [0.4, 0.5) is 13.2 Å². The molecule has 1 heterocycles. The van der Waals surface area contributed by atoms with Crippen LogP contribution >= 0.6 is 23.2 Å². The van der Waals surface area contributed by atoms with E-state index in [1.165, 1.54) is 12.3 Å². The van der Waals surface area contributed by atoms with Crippen LogP contribution < -0.4 is 15.2 Å². The summed E-state index contributed by atoms with van der Waals surface area (Å²) < 4.78 is 49.6. The lowest BCUT2D eigenvalue weighted by Gasteiger charge is -2.12. The van der Waals surface area contributed by atoms with Gasteiger partial charge in [0.1, 0.15) is 16.5 Å². The molecule has 5 nitrogen and oxygen atoms in total. The number of nitrogens with zero attached hydrogens (tertiary/aromatic N) is 1. The number of alkyl halides is 3. The van der Waals surface area contributed by atoms with Gasteiger partial charge in [-0.3, -0.25) is 0 Å². The molecule has 2 aromatic carbocycles. The monoisotopic (exact) mass is 444 g/mol. The number of aromatic nitrogens is 2. The van der Waals surface area contributed by atoms with Gasteiger partial charge in [0.2, 0.25) is 5.88 Å². The van der Waals surface area contributed by atoms with Crippen LogP contribution in [0.1, 0.15) is 11.1 Å². The molecule has 0 unspecified atom stereocenters. The highest BCUT2D eigenvalue weighted by Gasteiger charge is 2.33. The van der Waals surface area contributed by atoms with Crippen LogP contribution in [0.15, 0.2) is 53.5 Å². The molecule has 0 radical (unpaired) electrons. The number of halogens is 5. The van der Waals surface area contributed by atoms with Crippen molar-refractivity contribution >= 4 is 23.2 Å². The molecule has 0 aliphatic heterocycles. The van der Waals surface area contributed by atoms with E-state index >= 15 is 0 Å². The molecule has 3 aromatic rings. The van der Waals surface area contributed by atoms with Gasteiger partial charge in [0.05, 0.1) is 17.2 Å². The summed E-state index contributed by atoms with van der Waals surface area (Å²) in [5.41, 5.74) is -0.648. The highest BCUT2D eigenvalue weighted by molar-refractivity contribution is 6.31. The number of rotatable bonds is 6. The van der Waals surface area contributed by atoms with Crippen LogP contribution in [0, 0.1) is 0 Å². The lowest BCUT2D eigenvalue weighted by Crippen LogP contribution is -2.12. The van der Waals surface area contributed by atoms with Gasteiger partial charge in [0.25, 0.3) is 0 Å². The number of aromatic amines is 1. The van der Waals surface area contributed by atoms with Crippen LogP contribution in [0.2, 0.25) is 10.0 Å². The molecule has 0 amide bonds. The molecule has 3 rings (SSSR count). The van der Waals surface area contributed by atoms with E-state index in [2.05, 4.69) is 9.97 Å². The highest BCUT2D eigenvalue weighted by Crippen LogP contribution is 2.37. The quantitative estimate of drug-likeness (QED) is 0.544. The molecular weight excluding hydrogens is 432 g/mol. The van der Waals surface area contributed by atoms with E-state index in [4.69, 9.17) is 32.7 Å². The van der Waals surface area contributed by atoms with Gasteiger partial charge in [0, 0.05) is 12.6 Å². The van der Waals surface area contributed by atoms with Crippen LogP contribution in [-0.2, 0) is 12.6 Å². The number of benzene rings is 2. The zero-order chi connectivity index (χ0) is 21.0. The van der Waals surface area contributed by atoms with Crippen LogP contribution in [0.25, 0.3) is 0 Å². The zero-order valence-corrected chi connectivity index (χ0v) is 16.1. The maximum Gasteiger partial charge on any atom is 0.417 e. The third-order valence-electron chi connectivity index (χ3n) is 3.76. The summed E-state index contributed by atoms with van der Waals surface area (Å²) >= 11 is 11.5. The molecular formula is C19H13Cl2F3N2O3. The summed E-state index contributed by atoms with van der Waals surface area (Å²) in [6, 6.07) is 10.1. The Hall–Kier alpha value is -2.71. The minimum Gasteiger partial charge on any atom is -0.476 e. The Balaban J connectivity index is 1.60. The van der Waals surface area contributed by atoms with Gasteiger partial charge in [-0.05, 0) is 35.9 Å². The summed E-state index contributed by atoms with van der Waals surface area (Å²) in [4.78, 5) is 17.1. The second kappa shape index (κ2) is 8.75. The van der Waals surface area contributed by atoms with Gasteiger partial charge >= 0.3 is 11.9 Å². The lowest BCUT2D eigenvalue weighted by atomic mass is 10.1. The van der Waals surface area contributed by atoms with E-state index in [1.807, 2.05) is 0 Å². The average molecular weight is 445 g/mol. The van der Waals surface area contributed by atoms with Gasteiger partial charge < -0.3 is 14.5 Å². The topological polar surface area (TPSA) is 64.2 Å². The Kier molecular flexibility index (Phi) is 6.34. The minimum absolute atomic E-state index is 0.0211. The van der Waals surface area contributed by atoms with Gasteiger partial charge in [0.15, 0.2) is 0 Å². The first kappa shape index (κ1) is 21.0. The summed E-state index contributed by atoms with van der Waals surface area (Å²) in [5.74, 6) is 0.427. The summed E-state index contributed by atoms with van der Waals surface area (Å²) in [6.07, 6.45) is -2.79. The fourth-order valence-corrected chi connectivity index (χ4v) is 2.75. The molecule has 0 aliphatic carbocycles. The number of hydrogen-bond donors (Lipinski definition) is 1. The second-order valence-electron chi connectivity index (χ2n) is 5.84. The van der Waals surface area contributed by atoms with Crippen LogP contribution in [0.5, 0.6) is 17.4 Å². The third-order valence-corrected chi connectivity index (χ3v) is 4.36. The molecule has 0 spiro atoms. The van der Waals surface area contributed by atoms with Crippen molar-refractivity contribution < 1.29 is 22.6 Å². The van der Waals surface area contributed by atoms with Crippen molar-refractivity contribution in [1.29, 1.82) is 0 Å². The van der Waals surface area contributed by atoms with Crippen molar-refractivity contribution in [3.8, 4) is 17.4 Å². The normalized spacial score (nSPS) is 11.3. The van der Waals surface area contributed by atoms with Gasteiger partial charge in [-0.2, -0.15) is 18.2 Å². The predicted molar refractivity (Wildman–Crippen MR) is 102 cm³/mol. The molecule has 0 aliphatic rings. The maximum atomic E-state index is 12.9. The first-order chi connectivity index (χ1) is 13.7. The summed E-state index contributed by atoms with van der Waals surface area (Å²) in [7, 11) is 0. The van der Waals surface area contributed by atoms with Crippen LogP contribution in [0.3, 0.4) is 0 Å². The third kappa shape index (κ3) is 5.65. The number of H-pyrrole nitrogens is 1. The SMILES string of the molecule is O=c1nc(OCCc2ccc(Oc3ccc(Cl)c(C(F)(F)F)c3)cc2)c(Cl)c[nH]1. The Bertz CT molecular complexity index is 1050. The van der Waals surface area contributed by atoms with E-state index in [0.29, 0.717) is 12.2 Å². The van der Waals surface area contributed by atoms with Crippen molar-refractivity contribution in [1.82, 2.24) is 9.97 Å². The fraction of sp³-hybridized carbons (Fsp3) is 0.158. The van der Waals surface area contributed by atoms with Crippen molar-refractivity contribution in [2.24, 2.45) is 0 Å². The van der Waals surface area contributed by atoms with E-state index in [-0.39, 0.29) is 23.3 Å². The first-order valence-corrected chi connectivity index (χ1v) is 8.99. The average Bonchev–Trinajstić information content (AvgIpc) is 2.66. The smallest absolute Gasteiger partial charge is 0.417 e. The van der Waals surface area contributed by atoms with E-state index in [0.717, 1.165) is 17.7 Å². The molecule has 29 heavy (non-hydrogen) atoms. The first-order valence-electron chi connectivity index (χ1n) is 8.24. The van der Waals surface area contributed by atoms with E-state index < -0.39 is 22.5 Å². The van der Waals surface area contributed by atoms with Crippen LogP contribution in [-0.4, -0.2) is 16.6 Å². The Morgan fingerprint density at radius 1 is 1.00 bits per heavy atom. The molecule has 10 heteroatoms. The van der Waals surface area contributed by atoms with Gasteiger partial charge in [-0.25, -0.2) is 4.79 Å². The van der Waals surface area contributed by atoms with Gasteiger partial charge in [-0.15, -0.1) is 0 Å². The summed E-state index contributed by atoms with van der Waals surface area (Å²) in [6.45, 7) is 0.225. The molecule has 0 saturated carbocycles. The zero-order valence-electron chi connectivity index (χ0n) is 14.6. The molecule has 0 atom stereocenters. The number of nitrogens with one attached hydrogen (secondary N) is 1. The van der Waals surface area contributed by atoms with Gasteiger partial charge in [-0.1, -0.05) is 35.3 Å². The molecule has 1 N–H and O–H groups in total. The van der Waals surface area contributed by atoms with Crippen molar-refractivity contribution in [3.05, 3.63) is 80.3 Å². The van der Waals surface area contributed by atoms with Crippen molar-refractivity contribution in [2.45, 2.75) is 12.6 Å². The predicted octanol–water partition coefficient (Wildman–Crippen LogP) is 5.51. The highest BCUT2D eigenvalue weighted by atomic mass is 35.5. The number of ether oxygens (including phenoxy) is 2. The summed E-state index contributed by atoms with van der Waals surface area (Å²) in [5, 5.41) is -0.204. The minimum atomic E-state index is -4.57. The Labute approximate surface area is 173 Å². The largest absolute Gasteiger partial charge is 0.476 e. The Morgan fingerprint density at radius 3 is 2.38 bits per heavy atom. The molecule has 1 aromatic heterocycles. The maximum absolute atomic E-state index is 12.9. The number of hydrogen-bond acceptors (Lipinski definition) is 4. The molecule has 0 saturated heterocycles. The lowest BCUT2D eigenvalue weighted by molar-refractivity contribution is -0.137. The molecule has 152 valence electrons. The second-order valence-corrected chi connectivity index (χ2v) is 6.66. The Morgan fingerprint density at radius 2 is 1.69 bits per heavy atom.